The van der Waals surface area contributed by atoms with Crippen molar-refractivity contribution in [1.82, 2.24) is 14.7 Å². The fraction of sp³-hybridized carbons (Fsp3) is 0.300. The van der Waals surface area contributed by atoms with E-state index in [0.717, 1.165) is 11.6 Å². The Labute approximate surface area is 160 Å². The van der Waals surface area contributed by atoms with Crippen LogP contribution in [0.15, 0.2) is 48.8 Å². The Kier molecular flexibility index (Phi) is 5.42. The van der Waals surface area contributed by atoms with Gasteiger partial charge in [0.25, 0.3) is 5.91 Å². The highest BCUT2D eigenvalue weighted by atomic mass is 19.4. The van der Waals surface area contributed by atoms with Gasteiger partial charge in [-0.1, -0.05) is 38.1 Å². The van der Waals surface area contributed by atoms with Crippen molar-refractivity contribution >= 4 is 11.6 Å². The number of amides is 1. The number of halogens is 3. The SMILES string of the molecule is CC(C)c1ccc(C(N)CNC(=O)c2cn3cccc(C(F)(F)F)c3n2)cc1. The highest BCUT2D eigenvalue weighted by Crippen LogP contribution is 2.31. The molecule has 0 aliphatic rings. The highest BCUT2D eigenvalue weighted by molar-refractivity contribution is 5.93. The zero-order valence-electron chi connectivity index (χ0n) is 15.5. The molecule has 2 aromatic heterocycles. The number of benzene rings is 1. The molecule has 0 bridgehead atoms. The molecule has 0 saturated heterocycles. The van der Waals surface area contributed by atoms with Gasteiger partial charge in [-0.25, -0.2) is 4.98 Å². The summed E-state index contributed by atoms with van der Waals surface area (Å²) in [5, 5.41) is 2.63. The van der Waals surface area contributed by atoms with Gasteiger partial charge in [0.05, 0.1) is 5.56 Å². The minimum Gasteiger partial charge on any atom is -0.349 e. The fourth-order valence-corrected chi connectivity index (χ4v) is 2.88. The second kappa shape index (κ2) is 7.63. The number of carbonyl (C=O) groups excluding carboxylic acids is 1. The molecule has 28 heavy (non-hydrogen) atoms. The second-order valence-corrected chi connectivity index (χ2v) is 6.91. The van der Waals surface area contributed by atoms with Crippen molar-refractivity contribution in [3.63, 3.8) is 0 Å². The summed E-state index contributed by atoms with van der Waals surface area (Å²) >= 11 is 0. The van der Waals surface area contributed by atoms with Gasteiger partial charge in [0, 0.05) is 25.0 Å². The van der Waals surface area contributed by atoms with E-state index in [0.29, 0.717) is 5.92 Å². The number of alkyl halides is 3. The number of nitrogens with zero attached hydrogens (tertiary/aromatic N) is 2. The third-order valence-electron chi connectivity index (χ3n) is 4.53. The first kappa shape index (κ1) is 19.9. The smallest absolute Gasteiger partial charge is 0.349 e. The molecule has 5 nitrogen and oxygen atoms in total. The Morgan fingerprint density at radius 2 is 1.82 bits per heavy atom. The van der Waals surface area contributed by atoms with E-state index in [1.807, 2.05) is 24.3 Å². The first-order valence-corrected chi connectivity index (χ1v) is 8.85. The molecule has 1 atom stereocenters. The Hall–Kier alpha value is -2.87. The van der Waals surface area contributed by atoms with Crippen LogP contribution in [0, 0.1) is 0 Å². The molecule has 1 aromatic carbocycles. The third kappa shape index (κ3) is 4.17. The van der Waals surface area contributed by atoms with Crippen molar-refractivity contribution < 1.29 is 18.0 Å². The van der Waals surface area contributed by atoms with E-state index < -0.39 is 23.7 Å². The third-order valence-corrected chi connectivity index (χ3v) is 4.53. The van der Waals surface area contributed by atoms with Crippen LogP contribution >= 0.6 is 0 Å². The molecule has 0 aliphatic heterocycles. The van der Waals surface area contributed by atoms with Crippen molar-refractivity contribution in [2.24, 2.45) is 5.73 Å². The Bertz CT molecular complexity index is 977. The number of carbonyl (C=O) groups is 1. The van der Waals surface area contributed by atoms with Crippen LogP contribution in [0.25, 0.3) is 5.65 Å². The van der Waals surface area contributed by atoms with Crippen molar-refractivity contribution in [1.29, 1.82) is 0 Å². The lowest BCUT2D eigenvalue weighted by atomic mass is 9.99. The molecular formula is C20H21F3N4O. The summed E-state index contributed by atoms with van der Waals surface area (Å²) < 4.78 is 40.4. The Morgan fingerprint density at radius 1 is 1.18 bits per heavy atom. The number of pyridine rings is 1. The summed E-state index contributed by atoms with van der Waals surface area (Å²) in [6, 6.07) is 9.55. The standard InChI is InChI=1S/C20H21F3N4O/c1-12(2)13-5-7-14(8-6-13)16(24)10-25-19(28)17-11-27-9-3-4-15(18(27)26-17)20(21,22)23/h3-9,11-12,16H,10,24H2,1-2H3,(H,25,28). The molecule has 0 spiro atoms. The molecule has 0 saturated carbocycles. The monoisotopic (exact) mass is 390 g/mol. The van der Waals surface area contributed by atoms with Gasteiger partial charge < -0.3 is 15.5 Å². The van der Waals surface area contributed by atoms with Gasteiger partial charge in [-0.3, -0.25) is 4.79 Å². The van der Waals surface area contributed by atoms with E-state index in [4.69, 9.17) is 5.73 Å². The normalized spacial score (nSPS) is 13.1. The van der Waals surface area contributed by atoms with Crippen LogP contribution in [0.4, 0.5) is 13.2 Å². The zero-order valence-corrected chi connectivity index (χ0v) is 15.5. The zero-order chi connectivity index (χ0) is 20.5. The summed E-state index contributed by atoms with van der Waals surface area (Å²) in [7, 11) is 0. The lowest BCUT2D eigenvalue weighted by molar-refractivity contribution is -0.136. The van der Waals surface area contributed by atoms with Crippen LogP contribution in [0.2, 0.25) is 0 Å². The number of rotatable bonds is 5. The average molecular weight is 390 g/mol. The van der Waals surface area contributed by atoms with Crippen LogP contribution < -0.4 is 11.1 Å². The molecule has 1 unspecified atom stereocenters. The quantitative estimate of drug-likeness (QED) is 0.694. The summed E-state index contributed by atoms with van der Waals surface area (Å²) in [5.74, 6) is -0.173. The number of fused-ring (bicyclic) bond motifs is 1. The van der Waals surface area contributed by atoms with Crippen molar-refractivity contribution in [2.75, 3.05) is 6.54 Å². The largest absolute Gasteiger partial charge is 0.419 e. The van der Waals surface area contributed by atoms with Gasteiger partial charge in [0.2, 0.25) is 0 Å². The molecule has 0 aliphatic carbocycles. The molecule has 1 amide bonds. The summed E-state index contributed by atoms with van der Waals surface area (Å²) in [4.78, 5) is 16.2. The van der Waals surface area contributed by atoms with Gasteiger partial charge in [-0.2, -0.15) is 13.2 Å². The molecule has 3 N–H and O–H groups in total. The molecule has 8 heteroatoms. The van der Waals surface area contributed by atoms with Crippen LogP contribution in [-0.4, -0.2) is 21.8 Å². The molecular weight excluding hydrogens is 369 g/mol. The fourth-order valence-electron chi connectivity index (χ4n) is 2.88. The van der Waals surface area contributed by atoms with E-state index in [-0.39, 0.29) is 17.9 Å². The molecule has 3 aromatic rings. The minimum atomic E-state index is -4.55. The van der Waals surface area contributed by atoms with E-state index in [2.05, 4.69) is 24.1 Å². The predicted octanol–water partition coefficient (Wildman–Crippen LogP) is 3.91. The van der Waals surface area contributed by atoms with Crippen LogP contribution in [0.1, 0.15) is 53.0 Å². The second-order valence-electron chi connectivity index (χ2n) is 6.91. The van der Waals surface area contributed by atoms with Crippen molar-refractivity contribution in [2.45, 2.75) is 32.0 Å². The molecule has 0 fully saturated rings. The van der Waals surface area contributed by atoms with E-state index >= 15 is 0 Å². The number of aromatic nitrogens is 2. The molecule has 3 rings (SSSR count). The minimum absolute atomic E-state index is 0.0981. The summed E-state index contributed by atoms with van der Waals surface area (Å²) in [6.45, 7) is 4.32. The van der Waals surface area contributed by atoms with E-state index in [1.165, 1.54) is 28.4 Å². The maximum Gasteiger partial charge on any atom is 0.419 e. The summed E-state index contributed by atoms with van der Waals surface area (Å²) in [6.07, 6.45) is -1.87. The number of imidazole rings is 1. The predicted molar refractivity (Wildman–Crippen MR) is 100.0 cm³/mol. The van der Waals surface area contributed by atoms with Crippen LogP contribution in [0.3, 0.4) is 0 Å². The van der Waals surface area contributed by atoms with Crippen LogP contribution in [-0.2, 0) is 6.18 Å². The molecule has 148 valence electrons. The van der Waals surface area contributed by atoms with Crippen molar-refractivity contribution in [3.05, 3.63) is 71.2 Å². The number of nitrogens with two attached hydrogens (primary N) is 1. The topological polar surface area (TPSA) is 72.4 Å². The first-order valence-electron chi connectivity index (χ1n) is 8.85. The Morgan fingerprint density at radius 3 is 2.43 bits per heavy atom. The maximum atomic E-state index is 13.1. The first-order chi connectivity index (χ1) is 13.2. The van der Waals surface area contributed by atoms with Crippen molar-refractivity contribution in [3.8, 4) is 0 Å². The van der Waals surface area contributed by atoms with Crippen LogP contribution in [0.5, 0.6) is 0 Å². The average Bonchev–Trinajstić information content (AvgIpc) is 3.09. The van der Waals surface area contributed by atoms with E-state index in [9.17, 15) is 18.0 Å². The Balaban J connectivity index is 1.71. The number of nitrogens with one attached hydrogen (secondary N) is 1. The lowest BCUT2D eigenvalue weighted by Crippen LogP contribution is -2.32. The van der Waals surface area contributed by atoms with Gasteiger partial charge in [-0.05, 0) is 29.2 Å². The lowest BCUT2D eigenvalue weighted by Gasteiger charge is -2.14. The molecule has 0 radical (unpaired) electrons. The van der Waals surface area contributed by atoms with Gasteiger partial charge >= 0.3 is 6.18 Å². The number of hydrogen-bond donors (Lipinski definition) is 2. The van der Waals surface area contributed by atoms with Gasteiger partial charge in [-0.15, -0.1) is 0 Å². The molecule has 2 heterocycles. The maximum absolute atomic E-state index is 13.1. The van der Waals surface area contributed by atoms with Gasteiger partial charge in [0.15, 0.2) is 0 Å². The van der Waals surface area contributed by atoms with Gasteiger partial charge in [0.1, 0.15) is 11.3 Å². The highest BCUT2D eigenvalue weighted by Gasteiger charge is 2.34. The number of hydrogen-bond acceptors (Lipinski definition) is 3. The summed E-state index contributed by atoms with van der Waals surface area (Å²) in [5.41, 5.74) is 6.86. The van der Waals surface area contributed by atoms with E-state index in [1.54, 1.807) is 0 Å².